The van der Waals surface area contributed by atoms with Crippen LogP contribution in [0.4, 0.5) is 0 Å². The Balaban J connectivity index is 1.55. The largest absolute Gasteiger partial charge is 0.376 e. The summed E-state index contributed by atoms with van der Waals surface area (Å²) in [7, 11) is -0.535. The maximum Gasteiger partial charge on any atom is 0.242 e. The second kappa shape index (κ2) is 8.32. The molecule has 27 heavy (non-hydrogen) atoms. The highest BCUT2D eigenvalue weighted by molar-refractivity contribution is 7.89. The van der Waals surface area contributed by atoms with E-state index >= 15 is 0 Å². The molecule has 2 aromatic rings. The van der Waals surface area contributed by atoms with E-state index in [1.807, 2.05) is 0 Å². The summed E-state index contributed by atoms with van der Waals surface area (Å²) < 4.78 is 32.7. The van der Waals surface area contributed by atoms with Gasteiger partial charge in [-0.1, -0.05) is 5.21 Å². The molecule has 1 atom stereocenters. The summed E-state index contributed by atoms with van der Waals surface area (Å²) in [4.78, 5) is 12.1. The van der Waals surface area contributed by atoms with Gasteiger partial charge < -0.3 is 10.1 Å². The number of sulfonamides is 1. The fourth-order valence-electron chi connectivity index (χ4n) is 3.00. The minimum Gasteiger partial charge on any atom is -0.376 e. The van der Waals surface area contributed by atoms with Crippen LogP contribution in [0.2, 0.25) is 0 Å². The van der Waals surface area contributed by atoms with Crippen molar-refractivity contribution >= 4 is 27.0 Å². The van der Waals surface area contributed by atoms with Crippen LogP contribution in [0.15, 0.2) is 23.1 Å². The van der Waals surface area contributed by atoms with Crippen molar-refractivity contribution < 1.29 is 17.9 Å². The smallest absolute Gasteiger partial charge is 0.242 e. The molecule has 1 N–H and O–H groups in total. The molecule has 0 spiro atoms. The van der Waals surface area contributed by atoms with Gasteiger partial charge in [0.25, 0.3) is 0 Å². The van der Waals surface area contributed by atoms with Crippen LogP contribution in [0.1, 0.15) is 25.7 Å². The van der Waals surface area contributed by atoms with Gasteiger partial charge in [0.2, 0.25) is 15.9 Å². The van der Waals surface area contributed by atoms with Crippen molar-refractivity contribution in [2.45, 2.75) is 43.2 Å². The number of amides is 1. The fourth-order valence-corrected chi connectivity index (χ4v) is 3.92. The maximum atomic E-state index is 12.2. The van der Waals surface area contributed by atoms with Gasteiger partial charge in [-0.3, -0.25) is 4.79 Å². The molecule has 2 heterocycles. The van der Waals surface area contributed by atoms with E-state index in [2.05, 4.69) is 15.6 Å². The topological polar surface area (TPSA) is 106 Å². The van der Waals surface area contributed by atoms with Gasteiger partial charge in [0.1, 0.15) is 5.52 Å². The fraction of sp³-hybridized carbons (Fsp3) is 0.588. The molecule has 3 rings (SSSR count). The number of hydrogen-bond donors (Lipinski definition) is 1. The minimum atomic E-state index is -3.51. The van der Waals surface area contributed by atoms with Crippen LogP contribution >= 0.6 is 0 Å². The van der Waals surface area contributed by atoms with Crippen molar-refractivity contribution in [1.29, 1.82) is 0 Å². The van der Waals surface area contributed by atoms with Crippen LogP contribution < -0.4 is 5.32 Å². The Hall–Kier alpha value is -2.04. The summed E-state index contributed by atoms with van der Waals surface area (Å²) in [6, 6.07) is 4.76. The Morgan fingerprint density at radius 1 is 1.41 bits per heavy atom. The Morgan fingerprint density at radius 3 is 2.93 bits per heavy atom. The van der Waals surface area contributed by atoms with Crippen LogP contribution in [0.25, 0.3) is 11.0 Å². The van der Waals surface area contributed by atoms with E-state index in [9.17, 15) is 13.2 Å². The SMILES string of the molecule is CN(C)S(=O)(=O)c1ccc2c(c1)nnn2CCCC(=O)NC[C@@H]1CCCO1. The van der Waals surface area contributed by atoms with Gasteiger partial charge in [0.15, 0.2) is 0 Å². The number of aromatic nitrogens is 3. The van der Waals surface area contributed by atoms with Gasteiger partial charge in [0, 0.05) is 40.2 Å². The monoisotopic (exact) mass is 395 g/mol. The number of carbonyl (C=O) groups is 1. The molecule has 1 aliphatic heterocycles. The molecule has 1 saturated heterocycles. The van der Waals surface area contributed by atoms with Crippen molar-refractivity contribution in [3.8, 4) is 0 Å². The Bertz CT molecular complexity index is 903. The summed E-state index contributed by atoms with van der Waals surface area (Å²) in [5, 5.41) is 11.0. The molecule has 0 unspecified atom stereocenters. The molecule has 1 aromatic heterocycles. The van der Waals surface area contributed by atoms with Crippen molar-refractivity contribution in [2.75, 3.05) is 27.2 Å². The van der Waals surface area contributed by atoms with E-state index in [1.165, 1.54) is 20.2 Å². The van der Waals surface area contributed by atoms with Gasteiger partial charge in [0.05, 0.1) is 16.5 Å². The number of nitrogens with zero attached hydrogens (tertiary/aromatic N) is 4. The lowest BCUT2D eigenvalue weighted by Gasteiger charge is -2.11. The molecule has 1 amide bonds. The maximum absolute atomic E-state index is 12.2. The average molecular weight is 395 g/mol. The lowest BCUT2D eigenvalue weighted by Crippen LogP contribution is -2.31. The molecule has 1 aromatic carbocycles. The van der Waals surface area contributed by atoms with Crippen molar-refractivity contribution in [2.24, 2.45) is 0 Å². The first kappa shape index (κ1) is 19.7. The molecule has 1 fully saturated rings. The second-order valence-corrected chi connectivity index (χ2v) is 8.95. The summed E-state index contributed by atoms with van der Waals surface area (Å²) in [6.07, 6.45) is 3.20. The first-order valence-electron chi connectivity index (χ1n) is 9.02. The standard InChI is InChI=1S/C17H25N5O4S/c1-21(2)27(24,25)14-7-8-16-15(11-14)19-20-22(16)9-3-6-17(23)18-12-13-5-4-10-26-13/h7-8,11,13H,3-6,9-10,12H2,1-2H3,(H,18,23)/t13-/m0/s1. The lowest BCUT2D eigenvalue weighted by atomic mass is 10.2. The normalized spacial score (nSPS) is 17.7. The van der Waals surface area contributed by atoms with E-state index in [1.54, 1.807) is 16.8 Å². The van der Waals surface area contributed by atoms with E-state index in [0.29, 0.717) is 31.4 Å². The molecule has 0 aliphatic carbocycles. The highest BCUT2D eigenvalue weighted by Crippen LogP contribution is 2.19. The zero-order valence-corrected chi connectivity index (χ0v) is 16.4. The Kier molecular flexibility index (Phi) is 6.08. The number of rotatable bonds is 8. The van der Waals surface area contributed by atoms with E-state index in [4.69, 9.17) is 4.74 Å². The quantitative estimate of drug-likeness (QED) is 0.707. The first-order chi connectivity index (χ1) is 12.9. The molecule has 1 aliphatic rings. The Labute approximate surface area is 158 Å². The van der Waals surface area contributed by atoms with Crippen LogP contribution in [0.3, 0.4) is 0 Å². The average Bonchev–Trinajstić information content (AvgIpc) is 3.29. The van der Waals surface area contributed by atoms with Crippen molar-refractivity contribution in [3.63, 3.8) is 0 Å². The molecule has 9 nitrogen and oxygen atoms in total. The van der Waals surface area contributed by atoms with Crippen LogP contribution in [0.5, 0.6) is 0 Å². The summed E-state index contributed by atoms with van der Waals surface area (Å²) >= 11 is 0. The molecule has 148 valence electrons. The van der Waals surface area contributed by atoms with E-state index in [0.717, 1.165) is 29.3 Å². The van der Waals surface area contributed by atoms with E-state index < -0.39 is 10.0 Å². The number of nitrogens with one attached hydrogen (secondary N) is 1. The van der Waals surface area contributed by atoms with Gasteiger partial charge in [-0.25, -0.2) is 17.4 Å². The van der Waals surface area contributed by atoms with Crippen molar-refractivity contribution in [3.05, 3.63) is 18.2 Å². The third-order valence-electron chi connectivity index (χ3n) is 4.59. The molecular formula is C17H25N5O4S. The third kappa shape index (κ3) is 4.63. The van der Waals surface area contributed by atoms with Crippen LogP contribution in [0, 0.1) is 0 Å². The summed E-state index contributed by atoms with van der Waals surface area (Å²) in [5.41, 5.74) is 1.26. The van der Waals surface area contributed by atoms with Crippen molar-refractivity contribution in [1.82, 2.24) is 24.6 Å². The van der Waals surface area contributed by atoms with E-state index in [-0.39, 0.29) is 16.9 Å². The Morgan fingerprint density at radius 2 is 2.22 bits per heavy atom. The summed E-state index contributed by atoms with van der Waals surface area (Å²) in [5.74, 6) is -0.00529. The van der Waals surface area contributed by atoms with Gasteiger partial charge in [-0.2, -0.15) is 0 Å². The van der Waals surface area contributed by atoms with Gasteiger partial charge >= 0.3 is 0 Å². The zero-order valence-electron chi connectivity index (χ0n) is 15.6. The summed E-state index contributed by atoms with van der Waals surface area (Å²) in [6.45, 7) is 1.87. The number of hydrogen-bond acceptors (Lipinski definition) is 6. The third-order valence-corrected chi connectivity index (χ3v) is 6.40. The molecule has 0 saturated carbocycles. The van der Waals surface area contributed by atoms with Crippen LogP contribution in [-0.2, 0) is 26.1 Å². The molecular weight excluding hydrogens is 370 g/mol. The zero-order chi connectivity index (χ0) is 19.4. The first-order valence-corrected chi connectivity index (χ1v) is 10.5. The van der Waals surface area contributed by atoms with Gasteiger partial charge in [-0.15, -0.1) is 5.10 Å². The highest BCUT2D eigenvalue weighted by atomic mass is 32.2. The molecule has 0 radical (unpaired) electrons. The predicted octanol–water partition coefficient (Wildman–Crippen LogP) is 0.757. The number of ether oxygens (including phenoxy) is 1. The lowest BCUT2D eigenvalue weighted by molar-refractivity contribution is -0.121. The minimum absolute atomic E-state index is 0.00529. The van der Waals surface area contributed by atoms with Crippen LogP contribution in [-0.4, -0.2) is 67.0 Å². The highest BCUT2D eigenvalue weighted by Gasteiger charge is 2.19. The number of fused-ring (bicyclic) bond motifs is 1. The molecule has 0 bridgehead atoms. The number of aryl methyl sites for hydroxylation is 1. The number of benzene rings is 1. The van der Waals surface area contributed by atoms with Gasteiger partial charge in [-0.05, 0) is 37.5 Å². The number of carbonyl (C=O) groups excluding carboxylic acids is 1. The molecule has 10 heteroatoms. The second-order valence-electron chi connectivity index (χ2n) is 6.79. The predicted molar refractivity (Wildman–Crippen MR) is 99.6 cm³/mol.